The number of carbonyl (C=O) groups is 1. The first-order chi connectivity index (χ1) is 15.3. The Kier molecular flexibility index (Phi) is 5.02. The van der Waals surface area contributed by atoms with Gasteiger partial charge in [0.1, 0.15) is 10.8 Å². The molecule has 1 aromatic carbocycles. The van der Waals surface area contributed by atoms with Crippen LogP contribution in [-0.2, 0) is 23.0 Å². The SMILES string of the molecule is C#Cc1ccc2[nH]c(S(=O)(=O)N3CCN(C(=O)c4nc5c(o4)CN(O)CC5)CC3)cc2c1. The van der Waals surface area contributed by atoms with Crippen molar-refractivity contribution in [3.05, 3.63) is 47.2 Å². The topological polar surface area (TPSA) is 123 Å². The van der Waals surface area contributed by atoms with E-state index in [1.165, 1.54) is 9.21 Å². The quantitative estimate of drug-likeness (QED) is 0.566. The van der Waals surface area contributed by atoms with Crippen molar-refractivity contribution in [2.45, 2.75) is 18.0 Å². The molecule has 10 nitrogen and oxygen atoms in total. The number of nitrogens with one attached hydrogen (secondary N) is 1. The van der Waals surface area contributed by atoms with Crippen molar-refractivity contribution >= 4 is 26.8 Å². The lowest BCUT2D eigenvalue weighted by Crippen LogP contribution is -2.50. The number of hydrogen-bond acceptors (Lipinski definition) is 7. The summed E-state index contributed by atoms with van der Waals surface area (Å²) in [6.07, 6.45) is 5.92. The molecule has 0 bridgehead atoms. The second kappa shape index (κ2) is 7.75. The zero-order valence-corrected chi connectivity index (χ0v) is 17.9. The number of hydrogen-bond donors (Lipinski definition) is 2. The van der Waals surface area contributed by atoms with Gasteiger partial charge in [-0.15, -0.1) is 6.42 Å². The lowest BCUT2D eigenvalue weighted by molar-refractivity contribution is -0.108. The zero-order valence-electron chi connectivity index (χ0n) is 17.1. The Morgan fingerprint density at radius 2 is 1.97 bits per heavy atom. The van der Waals surface area contributed by atoms with Crippen molar-refractivity contribution in [1.82, 2.24) is 24.2 Å². The number of hydroxylamine groups is 2. The van der Waals surface area contributed by atoms with Gasteiger partial charge < -0.3 is 19.5 Å². The van der Waals surface area contributed by atoms with Gasteiger partial charge >= 0.3 is 5.91 Å². The molecule has 0 aliphatic carbocycles. The van der Waals surface area contributed by atoms with Gasteiger partial charge in [0.25, 0.3) is 15.9 Å². The highest BCUT2D eigenvalue weighted by Gasteiger charge is 2.33. The molecule has 0 spiro atoms. The van der Waals surface area contributed by atoms with Gasteiger partial charge in [0, 0.05) is 55.6 Å². The third-order valence-electron chi connectivity index (χ3n) is 5.80. The van der Waals surface area contributed by atoms with Gasteiger partial charge in [-0.3, -0.25) is 4.79 Å². The second-order valence-electron chi connectivity index (χ2n) is 7.80. The van der Waals surface area contributed by atoms with E-state index >= 15 is 0 Å². The molecule has 0 unspecified atom stereocenters. The maximum atomic E-state index is 13.1. The van der Waals surface area contributed by atoms with E-state index in [1.54, 1.807) is 24.3 Å². The van der Waals surface area contributed by atoms with Gasteiger partial charge in [0.2, 0.25) is 0 Å². The molecule has 2 N–H and O–H groups in total. The predicted molar refractivity (Wildman–Crippen MR) is 113 cm³/mol. The van der Waals surface area contributed by atoms with E-state index in [0.29, 0.717) is 35.5 Å². The van der Waals surface area contributed by atoms with Crippen molar-refractivity contribution in [3.63, 3.8) is 0 Å². The maximum Gasteiger partial charge on any atom is 0.309 e. The Morgan fingerprint density at radius 1 is 1.19 bits per heavy atom. The molecule has 32 heavy (non-hydrogen) atoms. The van der Waals surface area contributed by atoms with Crippen molar-refractivity contribution in [2.75, 3.05) is 32.7 Å². The molecule has 2 aliphatic rings. The predicted octanol–water partition coefficient (Wildman–Crippen LogP) is 1.03. The number of carbonyl (C=O) groups excluding carboxylic acids is 1. The first kappa shape index (κ1) is 20.7. The molecule has 4 heterocycles. The van der Waals surface area contributed by atoms with Crippen LogP contribution in [0.2, 0.25) is 0 Å². The van der Waals surface area contributed by atoms with Crippen LogP contribution >= 0.6 is 0 Å². The number of aromatic nitrogens is 2. The molecule has 2 aromatic heterocycles. The zero-order chi connectivity index (χ0) is 22.5. The van der Waals surface area contributed by atoms with Crippen molar-refractivity contribution < 1.29 is 22.8 Å². The van der Waals surface area contributed by atoms with Gasteiger partial charge in [-0.25, -0.2) is 13.4 Å². The Balaban J connectivity index is 1.29. The highest BCUT2D eigenvalue weighted by Crippen LogP contribution is 2.24. The van der Waals surface area contributed by atoms with E-state index in [0.717, 1.165) is 10.4 Å². The summed E-state index contributed by atoms with van der Waals surface area (Å²) >= 11 is 0. The number of oxazole rings is 1. The summed E-state index contributed by atoms with van der Waals surface area (Å²) < 4.78 is 33.1. The molecule has 0 saturated carbocycles. The largest absolute Gasteiger partial charge is 0.436 e. The molecule has 11 heteroatoms. The van der Waals surface area contributed by atoms with Crippen LogP contribution in [-0.4, -0.2) is 76.5 Å². The number of terminal acetylenes is 1. The number of aromatic amines is 1. The van der Waals surface area contributed by atoms with Gasteiger partial charge in [-0.2, -0.15) is 9.37 Å². The third-order valence-corrected chi connectivity index (χ3v) is 7.62. The summed E-state index contributed by atoms with van der Waals surface area (Å²) in [5, 5.41) is 11.5. The number of sulfonamides is 1. The highest BCUT2D eigenvalue weighted by molar-refractivity contribution is 7.89. The lowest BCUT2D eigenvalue weighted by Gasteiger charge is -2.33. The molecule has 1 fully saturated rings. The van der Waals surface area contributed by atoms with Gasteiger partial charge in [0.15, 0.2) is 0 Å². The van der Waals surface area contributed by atoms with Crippen LogP contribution in [0.15, 0.2) is 33.7 Å². The molecule has 3 aromatic rings. The Labute approximate surface area is 184 Å². The number of rotatable bonds is 3. The highest BCUT2D eigenvalue weighted by atomic mass is 32.2. The first-order valence-corrected chi connectivity index (χ1v) is 11.6. The van der Waals surface area contributed by atoms with E-state index in [1.807, 2.05) is 0 Å². The molecule has 166 valence electrons. The molecule has 1 amide bonds. The summed E-state index contributed by atoms with van der Waals surface area (Å²) in [7, 11) is -3.75. The van der Waals surface area contributed by atoms with E-state index in [4.69, 9.17) is 10.8 Å². The molecular weight excluding hydrogens is 434 g/mol. The maximum absolute atomic E-state index is 13.1. The first-order valence-electron chi connectivity index (χ1n) is 10.2. The molecule has 0 radical (unpaired) electrons. The summed E-state index contributed by atoms with van der Waals surface area (Å²) in [4.78, 5) is 21.6. The van der Waals surface area contributed by atoms with Crippen LogP contribution in [0.4, 0.5) is 0 Å². The van der Waals surface area contributed by atoms with Crippen LogP contribution in [0.1, 0.15) is 27.7 Å². The second-order valence-corrected chi connectivity index (χ2v) is 9.71. The minimum Gasteiger partial charge on any atom is -0.436 e. The standard InChI is InChI=1S/C21H21N5O5S/c1-2-14-3-4-16-15(11-14)12-19(22-16)32(29,30)26-9-7-24(8-10-26)21(27)20-23-17-5-6-25(28)13-18(17)31-20/h1,3-4,11-12,22,28H,5-10,13H2. The number of H-pyrrole nitrogens is 1. The Bertz CT molecular complexity index is 1340. The molecule has 0 atom stereocenters. The fraction of sp³-hybridized carbons (Fsp3) is 0.333. The summed E-state index contributed by atoms with van der Waals surface area (Å²) in [5.41, 5.74) is 2.03. The van der Waals surface area contributed by atoms with Gasteiger partial charge in [-0.1, -0.05) is 5.92 Å². The Morgan fingerprint density at radius 3 is 2.72 bits per heavy atom. The van der Waals surface area contributed by atoms with Gasteiger partial charge in [0.05, 0.1) is 12.2 Å². The van der Waals surface area contributed by atoms with E-state index in [-0.39, 0.29) is 49.5 Å². The average Bonchev–Trinajstić information content (AvgIpc) is 3.42. The van der Waals surface area contributed by atoms with Crippen molar-refractivity contribution in [3.8, 4) is 12.3 Å². The molecule has 2 aliphatic heterocycles. The summed E-state index contributed by atoms with van der Waals surface area (Å²) in [5.74, 6) is 2.61. The minimum absolute atomic E-state index is 0.0263. The normalized spacial score (nSPS) is 17.9. The van der Waals surface area contributed by atoms with Gasteiger partial charge in [-0.05, 0) is 24.3 Å². The van der Waals surface area contributed by atoms with E-state index in [9.17, 15) is 18.4 Å². The fourth-order valence-corrected chi connectivity index (χ4v) is 5.45. The number of piperazine rings is 1. The van der Waals surface area contributed by atoms with Crippen LogP contribution in [0.3, 0.4) is 0 Å². The van der Waals surface area contributed by atoms with Crippen LogP contribution < -0.4 is 0 Å². The van der Waals surface area contributed by atoms with Crippen LogP contribution in [0.5, 0.6) is 0 Å². The molecule has 5 rings (SSSR count). The lowest BCUT2D eigenvalue weighted by atomic mass is 10.2. The summed E-state index contributed by atoms with van der Waals surface area (Å²) in [6, 6.07) is 6.84. The molecule has 1 saturated heterocycles. The fourth-order valence-electron chi connectivity index (χ4n) is 4.01. The number of amides is 1. The smallest absolute Gasteiger partial charge is 0.309 e. The van der Waals surface area contributed by atoms with Crippen molar-refractivity contribution in [2.24, 2.45) is 0 Å². The van der Waals surface area contributed by atoms with E-state index < -0.39 is 10.0 Å². The van der Waals surface area contributed by atoms with Crippen LogP contribution in [0, 0.1) is 12.3 Å². The number of benzene rings is 1. The monoisotopic (exact) mass is 455 g/mol. The average molecular weight is 455 g/mol. The van der Waals surface area contributed by atoms with Crippen LogP contribution in [0.25, 0.3) is 10.9 Å². The number of nitrogens with zero attached hydrogens (tertiary/aromatic N) is 4. The molecular formula is C21H21N5O5S. The third kappa shape index (κ3) is 3.57. The Hall–Kier alpha value is -3.17. The minimum atomic E-state index is -3.75. The summed E-state index contributed by atoms with van der Waals surface area (Å²) in [6.45, 7) is 1.38. The number of fused-ring (bicyclic) bond motifs is 2. The van der Waals surface area contributed by atoms with Crippen molar-refractivity contribution in [1.29, 1.82) is 0 Å². The van der Waals surface area contributed by atoms with E-state index in [2.05, 4.69) is 15.9 Å².